The van der Waals surface area contributed by atoms with Crippen LogP contribution >= 0.6 is 0 Å². The van der Waals surface area contributed by atoms with Crippen LogP contribution in [0.15, 0.2) is 24.3 Å². The van der Waals surface area contributed by atoms with Crippen LogP contribution < -0.4 is 4.72 Å². The molecule has 2 aromatic rings. The number of aryl methyl sites for hydroxylation is 2. The highest BCUT2D eigenvalue weighted by atomic mass is 32.2. The van der Waals surface area contributed by atoms with Gasteiger partial charge in [0.05, 0.1) is 30.7 Å². The summed E-state index contributed by atoms with van der Waals surface area (Å²) in [5.41, 5.74) is 4.42. The first-order valence-electron chi connectivity index (χ1n) is 9.25. The minimum Gasteiger partial charge on any atom is -0.598 e. The Balaban J connectivity index is 2.65. The number of ether oxygens (including phenoxy) is 1. The predicted octanol–water partition coefficient (Wildman–Crippen LogP) is 4.17. The van der Waals surface area contributed by atoms with E-state index in [9.17, 15) is 14.6 Å². The molecule has 0 spiro atoms. The molecule has 0 fully saturated rings. The molecule has 0 heterocycles. The van der Waals surface area contributed by atoms with Gasteiger partial charge in [0.2, 0.25) is 0 Å². The second-order valence-electron chi connectivity index (χ2n) is 6.87. The number of nitrogens with one attached hydrogen (secondary N) is 1. The van der Waals surface area contributed by atoms with E-state index >= 15 is 4.39 Å². The van der Waals surface area contributed by atoms with Crippen molar-refractivity contribution >= 4 is 17.3 Å². The van der Waals surface area contributed by atoms with Crippen molar-refractivity contribution in [3.63, 3.8) is 0 Å². The smallest absolute Gasteiger partial charge is 0.307 e. The number of hydrogen-bond acceptors (Lipinski definition) is 5. The van der Waals surface area contributed by atoms with Crippen LogP contribution in [-0.2, 0) is 20.9 Å². The Bertz CT molecular complexity index is 954. The average Bonchev–Trinajstić information content (AvgIpc) is 2.65. The molecule has 2 aromatic carbocycles. The van der Waals surface area contributed by atoms with Crippen molar-refractivity contribution in [2.45, 2.75) is 40.2 Å². The van der Waals surface area contributed by atoms with Gasteiger partial charge in [-0.2, -0.15) is 5.26 Å². The molecule has 1 unspecified atom stereocenters. The third kappa shape index (κ3) is 5.36. The molecular weight excluding hydrogens is 391 g/mol. The van der Waals surface area contributed by atoms with Crippen molar-refractivity contribution in [3.8, 4) is 17.2 Å². The van der Waals surface area contributed by atoms with Crippen LogP contribution in [0.2, 0.25) is 0 Å². The van der Waals surface area contributed by atoms with Gasteiger partial charge in [0.25, 0.3) is 0 Å². The summed E-state index contributed by atoms with van der Waals surface area (Å²) in [4.78, 5) is 12.0. The standard InChI is InChI=1S/C22H25FN2O3S/c1-6-28-20(26)11-19(25-29(5)27)18-10-17(9-14(3)22(18)23)21-15(4)13(2)7-8-16(21)12-24/h7-10,19,25H,6,11H2,1-5H3/t19-,29?/m0/s1. The zero-order valence-electron chi connectivity index (χ0n) is 17.3. The summed E-state index contributed by atoms with van der Waals surface area (Å²) in [5, 5.41) is 9.56. The lowest BCUT2D eigenvalue weighted by atomic mass is 9.89. The fraction of sp³-hybridized carbons (Fsp3) is 0.364. The Morgan fingerprint density at radius 2 is 2.00 bits per heavy atom. The van der Waals surface area contributed by atoms with Gasteiger partial charge in [0.1, 0.15) is 12.1 Å². The fourth-order valence-electron chi connectivity index (χ4n) is 3.28. The Labute approximate surface area is 174 Å². The molecule has 0 aliphatic rings. The van der Waals surface area contributed by atoms with E-state index in [2.05, 4.69) is 10.8 Å². The Kier molecular flexibility index (Phi) is 7.80. The quantitative estimate of drug-likeness (QED) is 0.541. The van der Waals surface area contributed by atoms with E-state index < -0.39 is 29.2 Å². The average molecular weight is 417 g/mol. The third-order valence-electron chi connectivity index (χ3n) is 4.79. The lowest BCUT2D eigenvalue weighted by Crippen LogP contribution is -2.30. The van der Waals surface area contributed by atoms with E-state index in [0.29, 0.717) is 16.7 Å². The van der Waals surface area contributed by atoms with Crippen molar-refractivity contribution in [3.05, 3.63) is 57.9 Å². The number of benzene rings is 2. The fourth-order valence-corrected chi connectivity index (χ4v) is 3.89. The number of rotatable bonds is 7. The molecule has 5 nitrogen and oxygen atoms in total. The number of carbonyl (C=O) groups excluding carboxylic acids is 1. The molecule has 0 aliphatic carbocycles. The van der Waals surface area contributed by atoms with Gasteiger partial charge in [-0.1, -0.05) is 6.07 Å². The molecule has 154 valence electrons. The van der Waals surface area contributed by atoms with E-state index in [4.69, 9.17) is 4.74 Å². The maximum atomic E-state index is 15.0. The molecule has 0 bridgehead atoms. The topological polar surface area (TPSA) is 85.2 Å². The molecule has 0 radical (unpaired) electrons. The van der Waals surface area contributed by atoms with Crippen molar-refractivity contribution in [2.75, 3.05) is 12.9 Å². The summed E-state index contributed by atoms with van der Waals surface area (Å²) in [7, 11) is 0. The number of halogens is 1. The molecule has 0 aliphatic heterocycles. The zero-order valence-corrected chi connectivity index (χ0v) is 18.1. The van der Waals surface area contributed by atoms with Gasteiger partial charge >= 0.3 is 5.97 Å². The highest BCUT2D eigenvalue weighted by molar-refractivity contribution is 7.88. The molecule has 0 aromatic heterocycles. The molecule has 1 N–H and O–H groups in total. The number of carbonyl (C=O) groups is 1. The molecule has 7 heteroatoms. The van der Waals surface area contributed by atoms with Crippen LogP contribution in [0.5, 0.6) is 0 Å². The van der Waals surface area contributed by atoms with E-state index in [-0.39, 0.29) is 18.6 Å². The molecule has 2 atom stereocenters. The van der Waals surface area contributed by atoms with E-state index in [0.717, 1.165) is 16.7 Å². The first-order valence-corrected chi connectivity index (χ1v) is 10.8. The van der Waals surface area contributed by atoms with E-state index in [1.807, 2.05) is 19.9 Å². The number of nitriles is 1. The zero-order chi connectivity index (χ0) is 21.7. The van der Waals surface area contributed by atoms with Gasteiger partial charge in [0, 0.05) is 22.5 Å². The van der Waals surface area contributed by atoms with Crippen molar-refractivity contribution < 1.29 is 18.5 Å². The van der Waals surface area contributed by atoms with E-state index in [1.54, 1.807) is 32.0 Å². The van der Waals surface area contributed by atoms with E-state index in [1.165, 1.54) is 6.26 Å². The molecule has 0 saturated heterocycles. The second kappa shape index (κ2) is 9.88. The van der Waals surface area contributed by atoms with Crippen LogP contribution in [-0.4, -0.2) is 23.4 Å². The normalized spacial score (nSPS) is 12.9. The van der Waals surface area contributed by atoms with Gasteiger partial charge in [-0.3, -0.25) is 4.79 Å². The molecular formula is C22H25FN2O3S. The highest BCUT2D eigenvalue weighted by Crippen LogP contribution is 2.34. The van der Waals surface area contributed by atoms with Crippen molar-refractivity contribution in [1.82, 2.24) is 4.72 Å². The SMILES string of the molecule is CCOC(=O)C[C@H](N[S+](C)[O-])c1cc(-c2c(C#N)ccc(C)c2C)cc(C)c1F. The summed E-state index contributed by atoms with van der Waals surface area (Å²) in [6, 6.07) is 8.29. The lowest BCUT2D eigenvalue weighted by molar-refractivity contribution is -0.143. The van der Waals surface area contributed by atoms with Crippen LogP contribution in [0.3, 0.4) is 0 Å². The van der Waals surface area contributed by atoms with Gasteiger partial charge < -0.3 is 9.29 Å². The van der Waals surface area contributed by atoms with Crippen LogP contribution in [0.4, 0.5) is 4.39 Å². The Morgan fingerprint density at radius 1 is 1.31 bits per heavy atom. The number of esters is 1. The summed E-state index contributed by atoms with van der Waals surface area (Å²) >= 11 is -1.47. The highest BCUT2D eigenvalue weighted by Gasteiger charge is 2.26. The van der Waals surface area contributed by atoms with Gasteiger partial charge in [-0.15, -0.1) is 4.72 Å². The second-order valence-corrected chi connectivity index (χ2v) is 8.02. The maximum absolute atomic E-state index is 15.0. The molecule has 2 rings (SSSR count). The third-order valence-corrected chi connectivity index (χ3v) is 5.40. The van der Waals surface area contributed by atoms with Gasteiger partial charge in [-0.05, 0) is 68.1 Å². The van der Waals surface area contributed by atoms with Crippen LogP contribution in [0, 0.1) is 37.9 Å². The minimum atomic E-state index is -1.47. The Hall–Kier alpha value is -2.40. The summed E-state index contributed by atoms with van der Waals surface area (Å²) in [6.07, 6.45) is 1.26. The van der Waals surface area contributed by atoms with Gasteiger partial charge in [0.15, 0.2) is 0 Å². The summed E-state index contributed by atoms with van der Waals surface area (Å²) in [5.74, 6) is -0.993. The van der Waals surface area contributed by atoms with Crippen LogP contribution in [0.1, 0.15) is 47.2 Å². The van der Waals surface area contributed by atoms with Crippen molar-refractivity contribution in [1.29, 1.82) is 5.26 Å². The van der Waals surface area contributed by atoms with Crippen LogP contribution in [0.25, 0.3) is 11.1 Å². The monoisotopic (exact) mass is 416 g/mol. The molecule has 29 heavy (non-hydrogen) atoms. The summed E-state index contributed by atoms with van der Waals surface area (Å²) in [6.45, 7) is 7.38. The first-order chi connectivity index (χ1) is 13.7. The Morgan fingerprint density at radius 3 is 2.59 bits per heavy atom. The lowest BCUT2D eigenvalue weighted by Gasteiger charge is -2.21. The largest absolute Gasteiger partial charge is 0.598 e. The van der Waals surface area contributed by atoms with Gasteiger partial charge in [-0.25, -0.2) is 4.39 Å². The number of nitrogens with zero attached hydrogens (tertiary/aromatic N) is 1. The summed E-state index contributed by atoms with van der Waals surface area (Å²) < 4.78 is 34.6. The first kappa shape index (κ1) is 22.9. The number of hydrogen-bond donors (Lipinski definition) is 1. The molecule has 0 saturated carbocycles. The molecule has 0 amide bonds. The van der Waals surface area contributed by atoms with Crippen molar-refractivity contribution in [2.24, 2.45) is 0 Å². The maximum Gasteiger partial charge on any atom is 0.307 e. The minimum absolute atomic E-state index is 0.162. The predicted molar refractivity (Wildman–Crippen MR) is 112 cm³/mol.